The van der Waals surface area contributed by atoms with Crippen LogP contribution in [0, 0.1) is 0 Å². The Morgan fingerprint density at radius 1 is 0.298 bits per heavy atom. The number of hydrogen-bond donors (Lipinski definition) is 0. The van der Waals surface area contributed by atoms with Gasteiger partial charge in [0.2, 0.25) is 0 Å². The van der Waals surface area contributed by atoms with E-state index in [1.165, 1.54) is 98.4 Å². The van der Waals surface area contributed by atoms with Gasteiger partial charge in [0.15, 0.2) is 0 Å². The van der Waals surface area contributed by atoms with Crippen molar-refractivity contribution in [3.05, 3.63) is 169 Å². The number of hydrogen-bond acceptors (Lipinski definition) is 0. The van der Waals surface area contributed by atoms with Gasteiger partial charge in [-0.1, -0.05) is 153 Å². The number of benzene rings is 9. The molecule has 0 heterocycles. The van der Waals surface area contributed by atoms with Gasteiger partial charge in [0.1, 0.15) is 0 Å². The van der Waals surface area contributed by atoms with Crippen LogP contribution in [0.25, 0.3) is 87.2 Å². The first-order valence-electron chi connectivity index (χ1n) is 16.6. The van der Waals surface area contributed by atoms with Crippen molar-refractivity contribution in [2.45, 2.75) is 19.3 Å². The molecule has 0 saturated heterocycles. The zero-order valence-corrected chi connectivity index (χ0v) is 26.5. The highest BCUT2D eigenvalue weighted by Gasteiger charge is 2.35. The van der Waals surface area contributed by atoms with Gasteiger partial charge in [-0.3, -0.25) is 0 Å². The van der Waals surface area contributed by atoms with E-state index in [9.17, 15) is 0 Å². The fraction of sp³-hybridized carbons (Fsp3) is 0.0638. The van der Waals surface area contributed by atoms with Crippen LogP contribution in [0.15, 0.2) is 158 Å². The Kier molecular flexibility index (Phi) is 5.44. The Balaban J connectivity index is 1.21. The molecule has 0 N–H and O–H groups in total. The monoisotopic (exact) mass is 596 g/mol. The maximum absolute atomic E-state index is 2.44. The topological polar surface area (TPSA) is 0 Å². The van der Waals surface area contributed by atoms with Crippen molar-refractivity contribution in [1.82, 2.24) is 0 Å². The molecule has 0 aromatic heterocycles. The van der Waals surface area contributed by atoms with E-state index in [0.29, 0.717) is 0 Å². The molecule has 0 spiro atoms. The standard InChI is InChI=1S/C47H32/c1-47(2)43-21-10-9-17-37(43)38-25-23-32(28-44(38)47)30-13-11-12-29(26-30)31-22-24-36-35-16-5-7-19-40(35)45-39-18-6-3-14-33(39)34-15-4-8-20-41(34)46(45)42(36)27-31/h3-28H,1-2H3. The maximum Gasteiger partial charge on any atom is 0.0159 e. The highest BCUT2D eigenvalue weighted by Crippen LogP contribution is 2.50. The second-order valence-electron chi connectivity index (χ2n) is 13.7. The summed E-state index contributed by atoms with van der Waals surface area (Å²) < 4.78 is 0. The minimum absolute atomic E-state index is 0.0192. The summed E-state index contributed by atoms with van der Waals surface area (Å²) in [7, 11) is 0. The minimum atomic E-state index is -0.0192. The predicted octanol–water partition coefficient (Wildman–Crippen LogP) is 13.1. The molecule has 0 unspecified atom stereocenters. The maximum atomic E-state index is 2.44. The lowest BCUT2D eigenvalue weighted by Crippen LogP contribution is -2.14. The third-order valence-corrected chi connectivity index (χ3v) is 10.8. The van der Waals surface area contributed by atoms with Crippen molar-refractivity contribution < 1.29 is 0 Å². The van der Waals surface area contributed by atoms with Gasteiger partial charge in [0, 0.05) is 5.41 Å². The van der Waals surface area contributed by atoms with Crippen molar-refractivity contribution in [3.63, 3.8) is 0 Å². The van der Waals surface area contributed by atoms with E-state index in [0.717, 1.165) is 0 Å². The molecular formula is C47H32. The van der Waals surface area contributed by atoms with Crippen LogP contribution in [0.2, 0.25) is 0 Å². The van der Waals surface area contributed by atoms with Crippen LogP contribution < -0.4 is 0 Å². The van der Waals surface area contributed by atoms with E-state index in [1.54, 1.807) is 0 Å². The van der Waals surface area contributed by atoms with Gasteiger partial charge in [-0.05, 0) is 117 Å². The molecule has 9 aromatic rings. The summed E-state index contributed by atoms with van der Waals surface area (Å²) >= 11 is 0. The summed E-state index contributed by atoms with van der Waals surface area (Å²) in [6.07, 6.45) is 0. The highest BCUT2D eigenvalue weighted by atomic mass is 14.4. The molecule has 10 rings (SSSR count). The van der Waals surface area contributed by atoms with Crippen molar-refractivity contribution in [1.29, 1.82) is 0 Å². The first-order chi connectivity index (χ1) is 23.1. The van der Waals surface area contributed by atoms with E-state index in [-0.39, 0.29) is 5.41 Å². The van der Waals surface area contributed by atoms with Gasteiger partial charge in [-0.15, -0.1) is 0 Å². The second kappa shape index (κ2) is 9.64. The quantitative estimate of drug-likeness (QED) is 0.174. The van der Waals surface area contributed by atoms with Crippen molar-refractivity contribution in [2.75, 3.05) is 0 Å². The minimum Gasteiger partial charge on any atom is -0.0619 e. The van der Waals surface area contributed by atoms with Crippen molar-refractivity contribution in [3.8, 4) is 33.4 Å². The van der Waals surface area contributed by atoms with Gasteiger partial charge in [0.05, 0.1) is 0 Å². The van der Waals surface area contributed by atoms with Crippen LogP contribution in [0.5, 0.6) is 0 Å². The Labute approximate surface area is 274 Å². The summed E-state index contributed by atoms with van der Waals surface area (Å²) in [5, 5.41) is 13.1. The Hall–Kier alpha value is -5.72. The van der Waals surface area contributed by atoms with E-state index in [4.69, 9.17) is 0 Å². The fourth-order valence-corrected chi connectivity index (χ4v) is 8.56. The highest BCUT2D eigenvalue weighted by molar-refractivity contribution is 6.39. The summed E-state index contributed by atoms with van der Waals surface area (Å²) in [6, 6.07) is 58.9. The van der Waals surface area contributed by atoms with Crippen LogP contribution in [-0.2, 0) is 5.41 Å². The molecule has 220 valence electrons. The third-order valence-electron chi connectivity index (χ3n) is 10.8. The molecule has 0 nitrogen and oxygen atoms in total. The third kappa shape index (κ3) is 3.70. The molecule has 0 bridgehead atoms. The van der Waals surface area contributed by atoms with Gasteiger partial charge in [-0.2, -0.15) is 0 Å². The van der Waals surface area contributed by atoms with Crippen LogP contribution in [0.4, 0.5) is 0 Å². The van der Waals surface area contributed by atoms with E-state index < -0.39 is 0 Å². The smallest absolute Gasteiger partial charge is 0.0159 e. The van der Waals surface area contributed by atoms with Crippen LogP contribution in [0.1, 0.15) is 25.0 Å². The molecule has 9 aromatic carbocycles. The zero-order valence-electron chi connectivity index (χ0n) is 26.5. The van der Waals surface area contributed by atoms with Gasteiger partial charge in [-0.25, -0.2) is 0 Å². The molecular weight excluding hydrogens is 565 g/mol. The fourth-order valence-electron chi connectivity index (χ4n) is 8.56. The van der Waals surface area contributed by atoms with E-state index in [1.807, 2.05) is 0 Å². The summed E-state index contributed by atoms with van der Waals surface area (Å²) in [5.41, 5.74) is 10.5. The molecule has 0 fully saturated rings. The predicted molar refractivity (Wildman–Crippen MR) is 202 cm³/mol. The summed E-state index contributed by atoms with van der Waals surface area (Å²) in [5.74, 6) is 0. The molecule has 0 aliphatic heterocycles. The Bertz CT molecular complexity index is 2740. The lowest BCUT2D eigenvalue weighted by atomic mass is 9.81. The number of fused-ring (bicyclic) bond motifs is 14. The Morgan fingerprint density at radius 3 is 1.38 bits per heavy atom. The van der Waals surface area contributed by atoms with Crippen molar-refractivity contribution in [2.24, 2.45) is 0 Å². The number of rotatable bonds is 2. The van der Waals surface area contributed by atoms with Gasteiger partial charge < -0.3 is 0 Å². The first-order valence-corrected chi connectivity index (χ1v) is 16.6. The van der Waals surface area contributed by atoms with Crippen LogP contribution >= 0.6 is 0 Å². The van der Waals surface area contributed by atoms with Crippen LogP contribution in [-0.4, -0.2) is 0 Å². The van der Waals surface area contributed by atoms with Crippen LogP contribution in [0.3, 0.4) is 0 Å². The molecule has 0 saturated carbocycles. The zero-order chi connectivity index (χ0) is 31.3. The SMILES string of the molecule is CC1(C)c2ccccc2-c2ccc(-c3cccc(-c4ccc5c6ccccc6c6c7ccccc7c7ccccc7c6c5c4)c3)cc21. The van der Waals surface area contributed by atoms with E-state index in [2.05, 4.69) is 172 Å². The van der Waals surface area contributed by atoms with E-state index >= 15 is 0 Å². The largest absolute Gasteiger partial charge is 0.0619 e. The van der Waals surface area contributed by atoms with Gasteiger partial charge >= 0.3 is 0 Å². The molecule has 0 radical (unpaired) electrons. The molecule has 0 heteroatoms. The average Bonchev–Trinajstić information content (AvgIpc) is 3.36. The molecule has 0 atom stereocenters. The van der Waals surface area contributed by atoms with Crippen molar-refractivity contribution >= 4 is 53.9 Å². The average molecular weight is 597 g/mol. The lowest BCUT2D eigenvalue weighted by molar-refractivity contribution is 0.660. The molecule has 0 amide bonds. The molecule has 47 heavy (non-hydrogen) atoms. The second-order valence-corrected chi connectivity index (χ2v) is 13.7. The van der Waals surface area contributed by atoms with Gasteiger partial charge in [0.25, 0.3) is 0 Å². The normalized spacial score (nSPS) is 13.5. The summed E-state index contributed by atoms with van der Waals surface area (Å²) in [4.78, 5) is 0. The Morgan fingerprint density at radius 2 is 0.745 bits per heavy atom. The first kappa shape index (κ1) is 26.5. The lowest BCUT2D eigenvalue weighted by Gasteiger charge is -2.22. The molecule has 1 aliphatic rings. The summed E-state index contributed by atoms with van der Waals surface area (Å²) in [6.45, 7) is 4.71. The molecule has 1 aliphatic carbocycles.